The van der Waals surface area contributed by atoms with Gasteiger partial charge >= 0.3 is 5.97 Å². The van der Waals surface area contributed by atoms with Crippen LogP contribution in [0.25, 0.3) is 0 Å². The second-order valence-electron chi connectivity index (χ2n) is 7.49. The third-order valence-corrected chi connectivity index (χ3v) is 6.68. The van der Waals surface area contributed by atoms with Crippen molar-refractivity contribution in [2.75, 3.05) is 38.6 Å². The summed E-state index contributed by atoms with van der Waals surface area (Å²) < 4.78 is 5.54. The molecule has 2 heterocycles. The molecule has 1 atom stereocenters. The summed E-state index contributed by atoms with van der Waals surface area (Å²) in [5, 5.41) is 10.8. The Bertz CT molecular complexity index is 563. The monoisotopic (exact) mass is 380 g/mol. The summed E-state index contributed by atoms with van der Waals surface area (Å²) >= 11 is 1.68. The number of hydrogen-bond donors (Lipinski definition) is 1. The first-order valence-electron chi connectivity index (χ1n) is 9.99. The standard InChI is InChI=1S/C20H32N2O3S/c1-3-26-19-18(20(23)24)15(2)13-17(21-9-11-25-12-10-21)22(19)14-16-7-5-4-6-8-16/h13,16-17H,3-12,14H2,1-2H3,(H,23,24). The molecule has 3 aliphatic rings. The van der Waals surface area contributed by atoms with Crippen LogP contribution in [-0.2, 0) is 9.53 Å². The lowest BCUT2D eigenvalue weighted by molar-refractivity contribution is -0.132. The van der Waals surface area contributed by atoms with E-state index in [9.17, 15) is 9.90 Å². The third-order valence-electron chi connectivity index (χ3n) is 5.68. The van der Waals surface area contributed by atoms with Crippen molar-refractivity contribution in [3.8, 4) is 0 Å². The van der Waals surface area contributed by atoms with E-state index in [1.165, 1.54) is 32.1 Å². The van der Waals surface area contributed by atoms with Gasteiger partial charge in [0.25, 0.3) is 0 Å². The molecule has 2 aliphatic heterocycles. The van der Waals surface area contributed by atoms with Gasteiger partial charge in [-0.2, -0.15) is 0 Å². The fourth-order valence-corrected chi connectivity index (χ4v) is 5.38. The molecule has 0 amide bonds. The lowest BCUT2D eigenvalue weighted by atomic mass is 9.88. The van der Waals surface area contributed by atoms with Crippen molar-refractivity contribution in [3.63, 3.8) is 0 Å². The zero-order valence-electron chi connectivity index (χ0n) is 16.1. The van der Waals surface area contributed by atoms with Crippen molar-refractivity contribution in [2.24, 2.45) is 5.92 Å². The summed E-state index contributed by atoms with van der Waals surface area (Å²) in [6, 6.07) is 0. The number of aliphatic carboxylic acids is 1. The van der Waals surface area contributed by atoms with Crippen LogP contribution in [0.15, 0.2) is 22.3 Å². The quantitative estimate of drug-likeness (QED) is 0.761. The summed E-state index contributed by atoms with van der Waals surface area (Å²) in [7, 11) is 0. The normalized spacial score (nSPS) is 26.2. The minimum absolute atomic E-state index is 0.151. The van der Waals surface area contributed by atoms with Crippen LogP contribution in [0.4, 0.5) is 0 Å². The molecule has 1 saturated carbocycles. The summed E-state index contributed by atoms with van der Waals surface area (Å²) in [6.45, 7) is 8.34. The van der Waals surface area contributed by atoms with Gasteiger partial charge in [-0.1, -0.05) is 26.2 Å². The molecule has 1 aliphatic carbocycles. The van der Waals surface area contributed by atoms with Gasteiger partial charge in [0.15, 0.2) is 0 Å². The topological polar surface area (TPSA) is 53.0 Å². The van der Waals surface area contributed by atoms with Gasteiger partial charge < -0.3 is 14.7 Å². The average molecular weight is 381 g/mol. The van der Waals surface area contributed by atoms with Gasteiger partial charge in [0.1, 0.15) is 6.17 Å². The van der Waals surface area contributed by atoms with E-state index in [1.807, 2.05) is 6.92 Å². The van der Waals surface area contributed by atoms with Gasteiger partial charge in [0.2, 0.25) is 0 Å². The van der Waals surface area contributed by atoms with E-state index in [2.05, 4.69) is 22.8 Å². The number of nitrogens with zero attached hydrogens (tertiary/aromatic N) is 2. The summed E-state index contributed by atoms with van der Waals surface area (Å²) in [5.41, 5.74) is 1.39. The zero-order valence-corrected chi connectivity index (χ0v) is 16.9. The number of carboxylic acids is 1. The molecule has 5 nitrogen and oxygen atoms in total. The first-order valence-corrected chi connectivity index (χ1v) is 11.0. The number of carbonyl (C=O) groups is 1. The average Bonchev–Trinajstić information content (AvgIpc) is 2.65. The Hall–Kier alpha value is -0.980. The summed E-state index contributed by atoms with van der Waals surface area (Å²) in [6.07, 6.45) is 8.80. The summed E-state index contributed by atoms with van der Waals surface area (Å²) in [5.74, 6) is 0.751. The van der Waals surface area contributed by atoms with Gasteiger partial charge in [-0.15, -0.1) is 11.8 Å². The molecule has 3 rings (SSSR count). The van der Waals surface area contributed by atoms with Gasteiger partial charge in [-0.25, -0.2) is 4.79 Å². The Balaban J connectivity index is 1.92. The largest absolute Gasteiger partial charge is 0.478 e. The van der Waals surface area contributed by atoms with E-state index in [0.29, 0.717) is 11.5 Å². The lowest BCUT2D eigenvalue weighted by Crippen LogP contribution is -2.53. The first-order chi connectivity index (χ1) is 12.6. The second kappa shape index (κ2) is 9.29. The van der Waals surface area contributed by atoms with E-state index in [4.69, 9.17) is 4.74 Å². The molecule has 0 spiro atoms. The summed E-state index contributed by atoms with van der Waals surface area (Å²) in [4.78, 5) is 16.8. The van der Waals surface area contributed by atoms with Crippen molar-refractivity contribution < 1.29 is 14.6 Å². The maximum atomic E-state index is 12.0. The van der Waals surface area contributed by atoms with Crippen molar-refractivity contribution in [3.05, 3.63) is 22.3 Å². The minimum atomic E-state index is -0.802. The van der Waals surface area contributed by atoms with Crippen LogP contribution in [0, 0.1) is 5.92 Å². The van der Waals surface area contributed by atoms with Crippen LogP contribution in [0.2, 0.25) is 0 Å². The van der Waals surface area contributed by atoms with E-state index in [0.717, 1.165) is 49.2 Å². The first kappa shape index (κ1) is 19.8. The van der Waals surface area contributed by atoms with Crippen LogP contribution in [0.5, 0.6) is 0 Å². The van der Waals surface area contributed by atoms with Gasteiger partial charge in [-0.05, 0) is 43.1 Å². The molecule has 146 valence electrons. The Kier molecular flexibility index (Phi) is 7.06. The fourth-order valence-electron chi connectivity index (χ4n) is 4.36. The smallest absolute Gasteiger partial charge is 0.338 e. The number of ether oxygens (including phenoxy) is 1. The maximum absolute atomic E-state index is 12.0. The Morgan fingerprint density at radius 1 is 1.27 bits per heavy atom. The third kappa shape index (κ3) is 4.46. The SMILES string of the molecule is CCSC1=C(C(=O)O)C(C)=CC(N2CCOCC2)N1CC1CCCCC1. The minimum Gasteiger partial charge on any atom is -0.478 e. The van der Waals surface area contributed by atoms with Gasteiger partial charge in [0.05, 0.1) is 23.8 Å². The molecule has 0 aromatic heterocycles. The van der Waals surface area contributed by atoms with Crippen LogP contribution < -0.4 is 0 Å². The molecule has 6 heteroatoms. The van der Waals surface area contributed by atoms with Gasteiger partial charge in [0, 0.05) is 19.6 Å². The molecule has 1 saturated heterocycles. The highest BCUT2D eigenvalue weighted by Crippen LogP contribution is 2.38. The molecule has 0 radical (unpaired) electrons. The highest BCUT2D eigenvalue weighted by atomic mass is 32.2. The predicted molar refractivity (Wildman–Crippen MR) is 106 cm³/mol. The number of morpholine rings is 1. The molecule has 1 unspecified atom stereocenters. The molecular formula is C20H32N2O3S. The van der Waals surface area contributed by atoms with Crippen molar-refractivity contribution in [1.29, 1.82) is 0 Å². The van der Waals surface area contributed by atoms with E-state index in [-0.39, 0.29) is 6.17 Å². The van der Waals surface area contributed by atoms with Crippen molar-refractivity contribution in [2.45, 2.75) is 52.1 Å². The van der Waals surface area contributed by atoms with Crippen molar-refractivity contribution in [1.82, 2.24) is 9.80 Å². The molecule has 26 heavy (non-hydrogen) atoms. The number of rotatable bonds is 6. The van der Waals surface area contributed by atoms with E-state index < -0.39 is 5.97 Å². The fraction of sp³-hybridized carbons (Fsp3) is 0.750. The Labute approximate surface area is 161 Å². The second-order valence-corrected chi connectivity index (χ2v) is 8.74. The molecule has 0 bridgehead atoms. The van der Waals surface area contributed by atoms with E-state index in [1.54, 1.807) is 11.8 Å². The molecular weight excluding hydrogens is 348 g/mol. The lowest BCUT2D eigenvalue weighted by Gasteiger charge is -2.46. The number of thioether (sulfide) groups is 1. The predicted octanol–water partition coefficient (Wildman–Crippen LogP) is 3.54. The maximum Gasteiger partial charge on any atom is 0.338 e. The molecule has 0 aromatic rings. The molecule has 1 N–H and O–H groups in total. The zero-order chi connectivity index (χ0) is 18.5. The van der Waals surface area contributed by atoms with Gasteiger partial charge in [-0.3, -0.25) is 4.90 Å². The molecule has 0 aromatic carbocycles. The van der Waals surface area contributed by atoms with Crippen LogP contribution in [0.3, 0.4) is 0 Å². The highest BCUT2D eigenvalue weighted by Gasteiger charge is 2.35. The Morgan fingerprint density at radius 2 is 1.96 bits per heavy atom. The van der Waals surface area contributed by atoms with Crippen LogP contribution >= 0.6 is 11.8 Å². The number of carboxylic acid groups (broad SMARTS) is 1. The van der Waals surface area contributed by atoms with Crippen LogP contribution in [0.1, 0.15) is 46.0 Å². The highest BCUT2D eigenvalue weighted by molar-refractivity contribution is 8.03. The Morgan fingerprint density at radius 3 is 2.58 bits per heavy atom. The number of hydrogen-bond acceptors (Lipinski definition) is 5. The molecule has 2 fully saturated rings. The van der Waals surface area contributed by atoms with Crippen molar-refractivity contribution >= 4 is 17.7 Å². The van der Waals surface area contributed by atoms with E-state index >= 15 is 0 Å². The van der Waals surface area contributed by atoms with Crippen LogP contribution in [-0.4, -0.2) is 65.6 Å².